The lowest BCUT2D eigenvalue weighted by Crippen LogP contribution is -2.18. The number of hydrogen-bond donors (Lipinski definition) is 1. The summed E-state index contributed by atoms with van der Waals surface area (Å²) in [7, 11) is 1.74. The molecule has 68 valence electrons. The fourth-order valence-electron chi connectivity index (χ4n) is 0.808. The van der Waals surface area contributed by atoms with E-state index in [2.05, 4.69) is 11.6 Å². The number of nitrogens with one attached hydrogen (secondary N) is 1. The topological polar surface area (TPSA) is 21.3 Å². The first-order valence-corrected chi connectivity index (χ1v) is 5.49. The summed E-state index contributed by atoms with van der Waals surface area (Å²) in [6.07, 6.45) is 4.54. The highest BCUT2D eigenvalue weighted by molar-refractivity contribution is 7.98. The molecule has 0 aliphatic heterocycles. The molecule has 0 aliphatic rings. The Morgan fingerprint density at radius 2 is 2.00 bits per heavy atom. The molecule has 0 aliphatic carbocycles. The van der Waals surface area contributed by atoms with Crippen LogP contribution in [0, 0.1) is 0 Å². The van der Waals surface area contributed by atoms with Gasteiger partial charge in [0.25, 0.3) is 0 Å². The van der Waals surface area contributed by atoms with E-state index in [1.807, 2.05) is 11.8 Å². The number of methoxy groups -OCH3 is 1. The fourth-order valence-corrected chi connectivity index (χ4v) is 1.24. The SMILES string of the molecule is COCCCNCCCSC. The van der Waals surface area contributed by atoms with Crippen molar-refractivity contribution in [2.45, 2.75) is 12.8 Å². The molecule has 1 N–H and O–H groups in total. The second-order valence-corrected chi connectivity index (χ2v) is 3.43. The maximum absolute atomic E-state index is 4.93. The first kappa shape index (κ1) is 11.3. The maximum atomic E-state index is 4.93. The van der Waals surface area contributed by atoms with E-state index in [-0.39, 0.29) is 0 Å². The Morgan fingerprint density at radius 1 is 1.27 bits per heavy atom. The molecule has 0 saturated carbocycles. The quantitative estimate of drug-likeness (QED) is 0.566. The van der Waals surface area contributed by atoms with Crippen LogP contribution in [0.15, 0.2) is 0 Å². The molecule has 0 saturated heterocycles. The van der Waals surface area contributed by atoms with Crippen LogP contribution in [0.1, 0.15) is 12.8 Å². The van der Waals surface area contributed by atoms with Crippen LogP contribution in [0.4, 0.5) is 0 Å². The summed E-state index contributed by atoms with van der Waals surface area (Å²) < 4.78 is 4.93. The summed E-state index contributed by atoms with van der Waals surface area (Å²) in [6.45, 7) is 3.10. The molecule has 0 fully saturated rings. The van der Waals surface area contributed by atoms with Crippen molar-refractivity contribution in [2.24, 2.45) is 0 Å². The number of hydrogen-bond acceptors (Lipinski definition) is 3. The van der Waals surface area contributed by atoms with Crippen molar-refractivity contribution in [3.63, 3.8) is 0 Å². The average Bonchev–Trinajstić information content (AvgIpc) is 2.03. The lowest BCUT2D eigenvalue weighted by Gasteiger charge is -2.02. The molecule has 0 radical (unpaired) electrons. The highest BCUT2D eigenvalue weighted by Crippen LogP contribution is 1.93. The lowest BCUT2D eigenvalue weighted by molar-refractivity contribution is 0.194. The van der Waals surface area contributed by atoms with Gasteiger partial charge < -0.3 is 10.1 Å². The molecule has 0 atom stereocenters. The first-order chi connectivity index (χ1) is 5.41. The van der Waals surface area contributed by atoms with Crippen LogP contribution in [0.2, 0.25) is 0 Å². The molecular formula is C8H19NOS. The summed E-state index contributed by atoms with van der Waals surface area (Å²) >= 11 is 1.91. The molecule has 3 heteroatoms. The van der Waals surface area contributed by atoms with Crippen LogP contribution >= 0.6 is 11.8 Å². The summed E-state index contributed by atoms with van der Waals surface area (Å²) in [4.78, 5) is 0. The van der Waals surface area contributed by atoms with E-state index in [1.165, 1.54) is 12.2 Å². The van der Waals surface area contributed by atoms with Gasteiger partial charge in [-0.05, 0) is 37.9 Å². The van der Waals surface area contributed by atoms with E-state index in [1.54, 1.807) is 7.11 Å². The third-order valence-electron chi connectivity index (χ3n) is 1.40. The lowest BCUT2D eigenvalue weighted by atomic mass is 10.4. The highest BCUT2D eigenvalue weighted by atomic mass is 32.2. The smallest absolute Gasteiger partial charge is 0.0474 e. The monoisotopic (exact) mass is 177 g/mol. The van der Waals surface area contributed by atoms with Gasteiger partial charge in [-0.15, -0.1) is 0 Å². The van der Waals surface area contributed by atoms with Crippen molar-refractivity contribution < 1.29 is 4.74 Å². The van der Waals surface area contributed by atoms with Crippen LogP contribution in [-0.2, 0) is 4.74 Å². The van der Waals surface area contributed by atoms with E-state index in [0.717, 1.165) is 26.1 Å². The van der Waals surface area contributed by atoms with Gasteiger partial charge in [-0.1, -0.05) is 0 Å². The zero-order chi connectivity index (χ0) is 8.36. The Kier molecular flexibility index (Phi) is 10.5. The van der Waals surface area contributed by atoms with Crippen molar-refractivity contribution in [2.75, 3.05) is 38.8 Å². The molecule has 0 spiro atoms. The normalized spacial score (nSPS) is 10.4. The number of ether oxygens (including phenoxy) is 1. The maximum Gasteiger partial charge on any atom is 0.0474 e. The summed E-state index contributed by atoms with van der Waals surface area (Å²) in [6, 6.07) is 0. The van der Waals surface area contributed by atoms with Crippen LogP contribution < -0.4 is 5.32 Å². The van der Waals surface area contributed by atoms with Gasteiger partial charge in [0.2, 0.25) is 0 Å². The standard InChI is InChI=1S/C8H19NOS/c1-10-7-3-5-9-6-4-8-11-2/h9H,3-8H2,1-2H3. The summed E-state index contributed by atoms with van der Waals surface area (Å²) in [5, 5.41) is 3.36. The third-order valence-corrected chi connectivity index (χ3v) is 2.10. The van der Waals surface area contributed by atoms with Gasteiger partial charge in [0.05, 0.1) is 0 Å². The van der Waals surface area contributed by atoms with Crippen LogP contribution in [0.3, 0.4) is 0 Å². The van der Waals surface area contributed by atoms with Crippen LogP contribution in [0.5, 0.6) is 0 Å². The highest BCUT2D eigenvalue weighted by Gasteiger charge is 1.87. The Morgan fingerprint density at radius 3 is 2.64 bits per heavy atom. The van der Waals surface area contributed by atoms with E-state index >= 15 is 0 Å². The minimum atomic E-state index is 0.871. The molecule has 0 rings (SSSR count). The van der Waals surface area contributed by atoms with Crippen molar-refractivity contribution in [1.29, 1.82) is 0 Å². The molecular weight excluding hydrogens is 158 g/mol. The minimum Gasteiger partial charge on any atom is -0.385 e. The van der Waals surface area contributed by atoms with Crippen molar-refractivity contribution in [3.8, 4) is 0 Å². The zero-order valence-electron chi connectivity index (χ0n) is 7.56. The molecule has 0 unspecified atom stereocenters. The molecule has 11 heavy (non-hydrogen) atoms. The van der Waals surface area contributed by atoms with Crippen LogP contribution in [-0.4, -0.2) is 38.8 Å². The van der Waals surface area contributed by atoms with E-state index in [4.69, 9.17) is 4.74 Å². The third kappa shape index (κ3) is 10.3. The Hall–Kier alpha value is 0.270. The van der Waals surface area contributed by atoms with Gasteiger partial charge in [-0.2, -0.15) is 11.8 Å². The van der Waals surface area contributed by atoms with Crippen molar-refractivity contribution in [3.05, 3.63) is 0 Å². The Bertz CT molecular complexity index is 63.1. The fraction of sp³-hybridized carbons (Fsp3) is 1.00. The average molecular weight is 177 g/mol. The predicted molar refractivity (Wildman–Crippen MR) is 52.4 cm³/mol. The molecule has 0 aromatic carbocycles. The van der Waals surface area contributed by atoms with E-state index in [0.29, 0.717) is 0 Å². The van der Waals surface area contributed by atoms with Gasteiger partial charge >= 0.3 is 0 Å². The zero-order valence-corrected chi connectivity index (χ0v) is 8.38. The molecule has 2 nitrogen and oxygen atoms in total. The molecule has 0 amide bonds. The minimum absolute atomic E-state index is 0.871. The number of thioether (sulfide) groups is 1. The van der Waals surface area contributed by atoms with E-state index < -0.39 is 0 Å². The van der Waals surface area contributed by atoms with Crippen molar-refractivity contribution >= 4 is 11.8 Å². The van der Waals surface area contributed by atoms with Crippen LogP contribution in [0.25, 0.3) is 0 Å². The molecule has 0 aromatic rings. The predicted octanol–water partition coefficient (Wildman–Crippen LogP) is 1.37. The Labute approximate surface area is 74.1 Å². The van der Waals surface area contributed by atoms with Gasteiger partial charge in [0.15, 0.2) is 0 Å². The largest absolute Gasteiger partial charge is 0.385 e. The Balaban J connectivity index is 2.69. The number of rotatable bonds is 8. The van der Waals surface area contributed by atoms with Gasteiger partial charge in [-0.3, -0.25) is 0 Å². The molecule has 0 aromatic heterocycles. The second-order valence-electron chi connectivity index (χ2n) is 2.44. The van der Waals surface area contributed by atoms with Gasteiger partial charge in [0, 0.05) is 13.7 Å². The summed E-state index contributed by atoms with van der Waals surface area (Å²) in [5.74, 6) is 1.26. The second kappa shape index (κ2) is 10.3. The van der Waals surface area contributed by atoms with Gasteiger partial charge in [-0.25, -0.2) is 0 Å². The summed E-state index contributed by atoms with van der Waals surface area (Å²) in [5.41, 5.74) is 0. The van der Waals surface area contributed by atoms with E-state index in [9.17, 15) is 0 Å². The first-order valence-electron chi connectivity index (χ1n) is 4.10. The van der Waals surface area contributed by atoms with Gasteiger partial charge in [0.1, 0.15) is 0 Å². The molecule has 0 heterocycles. The van der Waals surface area contributed by atoms with Crippen molar-refractivity contribution in [1.82, 2.24) is 5.32 Å². The molecule has 0 bridgehead atoms.